The Hall–Kier alpha value is -1.43. The predicted octanol–water partition coefficient (Wildman–Crippen LogP) is 0.417. The monoisotopic (exact) mass is 250 g/mol. The highest BCUT2D eigenvalue weighted by molar-refractivity contribution is 5.92. The minimum atomic E-state index is -0.503. The molecule has 3 rings (SSSR count). The number of aliphatic hydroxyl groups is 1. The number of amides is 1. The number of nitrogens with two attached hydrogens (primary N) is 1. The maximum Gasteiger partial charge on any atom is 0.271 e. The molecule has 6 nitrogen and oxygen atoms in total. The summed E-state index contributed by atoms with van der Waals surface area (Å²) in [6.45, 7) is 0.818. The summed E-state index contributed by atoms with van der Waals surface area (Å²) in [6.07, 6.45) is 5.34. The number of rotatable bonds is 5. The molecule has 0 aromatic carbocycles. The third-order valence-electron chi connectivity index (χ3n) is 4.28. The first kappa shape index (κ1) is 11.6. The zero-order valence-corrected chi connectivity index (χ0v) is 10.3. The number of primary amides is 1. The number of aliphatic hydroxyl groups excluding tert-OH is 1. The molecular weight excluding hydrogens is 232 g/mol. The number of carbonyl (C=O) groups excluding carboxylic acids is 1. The largest absolute Gasteiger partial charge is 0.396 e. The van der Waals surface area contributed by atoms with E-state index in [9.17, 15) is 9.90 Å². The van der Waals surface area contributed by atoms with Crippen molar-refractivity contribution in [2.75, 3.05) is 6.61 Å². The molecule has 0 saturated heterocycles. The molecule has 0 aliphatic heterocycles. The van der Waals surface area contributed by atoms with Gasteiger partial charge in [0, 0.05) is 11.3 Å². The fourth-order valence-electron chi connectivity index (χ4n) is 2.56. The molecule has 0 bridgehead atoms. The Labute approximate surface area is 105 Å². The van der Waals surface area contributed by atoms with Gasteiger partial charge in [0.25, 0.3) is 5.91 Å². The Kier molecular flexibility index (Phi) is 2.62. The van der Waals surface area contributed by atoms with E-state index in [2.05, 4.69) is 10.3 Å². The van der Waals surface area contributed by atoms with Crippen molar-refractivity contribution in [3.8, 4) is 0 Å². The summed E-state index contributed by atoms with van der Waals surface area (Å²) < 4.78 is 1.80. The first-order chi connectivity index (χ1) is 8.65. The van der Waals surface area contributed by atoms with Crippen molar-refractivity contribution in [2.24, 2.45) is 11.1 Å². The number of nitrogens with zero attached hydrogens (tertiary/aromatic N) is 3. The zero-order chi connectivity index (χ0) is 12.8. The minimum Gasteiger partial charge on any atom is -0.396 e. The van der Waals surface area contributed by atoms with Gasteiger partial charge in [-0.05, 0) is 25.7 Å². The topological polar surface area (TPSA) is 94.0 Å². The summed E-state index contributed by atoms with van der Waals surface area (Å²) in [5.41, 5.74) is 6.51. The molecule has 0 unspecified atom stereocenters. The molecule has 0 radical (unpaired) electrons. The van der Waals surface area contributed by atoms with E-state index < -0.39 is 5.91 Å². The molecule has 1 aromatic rings. The van der Waals surface area contributed by atoms with Crippen LogP contribution in [0.15, 0.2) is 0 Å². The molecular formula is C12H18N4O2. The van der Waals surface area contributed by atoms with Gasteiger partial charge in [0.2, 0.25) is 0 Å². The molecule has 2 saturated carbocycles. The lowest BCUT2D eigenvalue weighted by molar-refractivity contribution is 0.0993. The Balaban J connectivity index is 1.91. The summed E-state index contributed by atoms with van der Waals surface area (Å²) in [4.78, 5) is 11.4. The zero-order valence-electron chi connectivity index (χ0n) is 10.3. The van der Waals surface area contributed by atoms with Gasteiger partial charge in [0.15, 0.2) is 5.69 Å². The fraction of sp³-hybridized carbons (Fsp3) is 0.750. The van der Waals surface area contributed by atoms with Gasteiger partial charge in [0.1, 0.15) is 0 Å². The molecule has 1 heterocycles. The van der Waals surface area contributed by atoms with Gasteiger partial charge < -0.3 is 10.8 Å². The number of aromatic nitrogens is 3. The summed E-state index contributed by atoms with van der Waals surface area (Å²) >= 11 is 0. The first-order valence-corrected chi connectivity index (χ1v) is 6.49. The number of carbonyl (C=O) groups is 1. The van der Waals surface area contributed by atoms with E-state index in [0.717, 1.165) is 31.4 Å². The second-order valence-electron chi connectivity index (χ2n) is 5.63. The molecule has 0 spiro atoms. The Morgan fingerprint density at radius 1 is 1.50 bits per heavy atom. The van der Waals surface area contributed by atoms with Crippen LogP contribution < -0.4 is 5.73 Å². The van der Waals surface area contributed by atoms with Crippen molar-refractivity contribution in [3.63, 3.8) is 0 Å². The Bertz CT molecular complexity index is 474. The normalized spacial score (nSPS) is 21.6. The van der Waals surface area contributed by atoms with Crippen LogP contribution in [0.4, 0.5) is 0 Å². The second kappa shape index (κ2) is 4.05. The van der Waals surface area contributed by atoms with Crippen LogP contribution in [-0.2, 0) is 6.54 Å². The molecule has 1 amide bonds. The SMILES string of the molecule is NC(=O)c1nnn(CC2(CO)CC2)c1C1CCC1. The summed E-state index contributed by atoms with van der Waals surface area (Å²) in [5, 5.41) is 17.4. The highest BCUT2D eigenvalue weighted by atomic mass is 16.3. The standard InChI is InChI=1S/C12H18N4O2/c13-11(18)9-10(8-2-1-3-8)16(15-14-9)6-12(7-17)4-5-12/h8,17H,1-7H2,(H2,13,18). The van der Waals surface area contributed by atoms with Gasteiger partial charge in [-0.1, -0.05) is 11.6 Å². The molecule has 2 aliphatic rings. The summed E-state index contributed by atoms with van der Waals surface area (Å²) in [5.74, 6) is -0.144. The van der Waals surface area contributed by atoms with Crippen LogP contribution in [0, 0.1) is 5.41 Å². The smallest absolute Gasteiger partial charge is 0.271 e. The van der Waals surface area contributed by atoms with E-state index >= 15 is 0 Å². The van der Waals surface area contributed by atoms with Gasteiger partial charge in [-0.3, -0.25) is 4.79 Å². The van der Waals surface area contributed by atoms with Crippen molar-refractivity contribution in [1.29, 1.82) is 0 Å². The lowest BCUT2D eigenvalue weighted by atomic mass is 9.82. The molecule has 6 heteroatoms. The van der Waals surface area contributed by atoms with Gasteiger partial charge in [-0.2, -0.15) is 0 Å². The van der Waals surface area contributed by atoms with Crippen molar-refractivity contribution in [2.45, 2.75) is 44.6 Å². The van der Waals surface area contributed by atoms with Crippen LogP contribution in [0.3, 0.4) is 0 Å². The Morgan fingerprint density at radius 3 is 2.67 bits per heavy atom. The molecule has 18 heavy (non-hydrogen) atoms. The second-order valence-corrected chi connectivity index (χ2v) is 5.63. The lowest BCUT2D eigenvalue weighted by Crippen LogP contribution is -2.24. The Morgan fingerprint density at radius 2 is 2.22 bits per heavy atom. The lowest BCUT2D eigenvalue weighted by Gasteiger charge is -2.27. The van der Waals surface area contributed by atoms with Crippen molar-refractivity contribution >= 4 is 5.91 Å². The van der Waals surface area contributed by atoms with Crippen LogP contribution in [0.25, 0.3) is 0 Å². The van der Waals surface area contributed by atoms with Crippen molar-refractivity contribution in [1.82, 2.24) is 15.0 Å². The fourth-order valence-corrected chi connectivity index (χ4v) is 2.56. The van der Waals surface area contributed by atoms with Crippen molar-refractivity contribution < 1.29 is 9.90 Å². The van der Waals surface area contributed by atoms with E-state index in [1.165, 1.54) is 6.42 Å². The third kappa shape index (κ3) is 1.80. The molecule has 3 N–H and O–H groups in total. The molecule has 2 fully saturated rings. The highest BCUT2D eigenvalue weighted by Gasteiger charge is 2.44. The molecule has 1 aromatic heterocycles. The van der Waals surface area contributed by atoms with E-state index in [-0.39, 0.29) is 12.0 Å². The number of hydrogen-bond acceptors (Lipinski definition) is 4. The average molecular weight is 250 g/mol. The predicted molar refractivity (Wildman–Crippen MR) is 63.9 cm³/mol. The molecule has 2 aliphatic carbocycles. The van der Waals surface area contributed by atoms with E-state index in [1.54, 1.807) is 4.68 Å². The van der Waals surface area contributed by atoms with Gasteiger partial charge >= 0.3 is 0 Å². The average Bonchev–Trinajstić information content (AvgIpc) is 2.93. The van der Waals surface area contributed by atoms with Crippen molar-refractivity contribution in [3.05, 3.63) is 11.4 Å². The van der Waals surface area contributed by atoms with E-state index in [0.29, 0.717) is 18.2 Å². The van der Waals surface area contributed by atoms with Crippen LogP contribution >= 0.6 is 0 Å². The van der Waals surface area contributed by atoms with Gasteiger partial charge in [0.05, 0.1) is 18.8 Å². The number of hydrogen-bond donors (Lipinski definition) is 2. The molecule has 0 atom stereocenters. The van der Waals surface area contributed by atoms with Gasteiger partial charge in [-0.15, -0.1) is 5.10 Å². The van der Waals surface area contributed by atoms with E-state index in [4.69, 9.17) is 5.73 Å². The maximum absolute atomic E-state index is 11.4. The van der Waals surface area contributed by atoms with E-state index in [1.807, 2.05) is 0 Å². The highest BCUT2D eigenvalue weighted by Crippen LogP contribution is 2.47. The minimum absolute atomic E-state index is 0.0406. The summed E-state index contributed by atoms with van der Waals surface area (Å²) in [7, 11) is 0. The molecule has 98 valence electrons. The van der Waals surface area contributed by atoms with Crippen LogP contribution in [0.5, 0.6) is 0 Å². The maximum atomic E-state index is 11.4. The first-order valence-electron chi connectivity index (χ1n) is 6.49. The third-order valence-corrected chi connectivity index (χ3v) is 4.28. The van der Waals surface area contributed by atoms with Crippen LogP contribution in [-0.4, -0.2) is 32.6 Å². The van der Waals surface area contributed by atoms with Crippen LogP contribution in [0.1, 0.15) is 54.2 Å². The summed E-state index contributed by atoms with van der Waals surface area (Å²) in [6, 6.07) is 0. The van der Waals surface area contributed by atoms with Crippen LogP contribution in [0.2, 0.25) is 0 Å². The van der Waals surface area contributed by atoms with Gasteiger partial charge in [-0.25, -0.2) is 4.68 Å². The quantitative estimate of drug-likeness (QED) is 0.791.